The highest BCUT2D eigenvalue weighted by Gasteiger charge is 2.49. The molecule has 0 amide bonds. The lowest BCUT2D eigenvalue weighted by Gasteiger charge is -2.45. The highest BCUT2D eigenvalue weighted by molar-refractivity contribution is 6.87. The number of ether oxygens (including phenoxy) is 1. The van der Waals surface area contributed by atoms with Gasteiger partial charge in [-0.05, 0) is 34.7 Å². The molecule has 8 heteroatoms. The first-order valence-electron chi connectivity index (χ1n) is 12.4. The zero-order valence-corrected chi connectivity index (χ0v) is 22.4. The molecule has 186 valence electrons. The fourth-order valence-corrected chi connectivity index (χ4v) is 8.66. The fourth-order valence-electron chi connectivity index (χ4n) is 5.81. The Morgan fingerprint density at radius 3 is 2.69 bits per heavy atom. The second-order valence-corrected chi connectivity index (χ2v) is 17.1. The molecule has 0 fully saturated rings. The van der Waals surface area contributed by atoms with Gasteiger partial charge in [-0.15, -0.1) is 0 Å². The third-order valence-corrected chi connectivity index (χ3v) is 14.6. The Morgan fingerprint density at radius 2 is 2.03 bits per heavy atom. The monoisotopic (exact) mass is 493 g/mol. The minimum absolute atomic E-state index is 0.0796. The number of aliphatic hydroxyl groups is 1. The molecule has 0 saturated heterocycles. The predicted octanol–water partition coefficient (Wildman–Crippen LogP) is 3.45. The Balaban J connectivity index is 1.79. The van der Waals surface area contributed by atoms with E-state index >= 15 is 0 Å². The van der Waals surface area contributed by atoms with Crippen molar-refractivity contribution in [2.24, 2.45) is 16.6 Å². The molecule has 4 heterocycles. The maximum Gasteiger partial charge on any atom is 0.309 e. The summed E-state index contributed by atoms with van der Waals surface area (Å²) in [6, 6.07) is 1.80. The van der Waals surface area contributed by atoms with Gasteiger partial charge >= 0.3 is 5.97 Å². The van der Waals surface area contributed by atoms with Crippen molar-refractivity contribution in [3.8, 4) is 0 Å². The molecule has 2 unspecified atom stereocenters. The third-order valence-electron chi connectivity index (χ3n) is 8.86. The topological polar surface area (TPSA) is 107 Å². The maximum atomic E-state index is 13.8. The lowest BCUT2D eigenvalue weighted by molar-refractivity contribution is -0.149. The summed E-state index contributed by atoms with van der Waals surface area (Å²) in [5.74, 6) is -0.415. The number of cyclic esters (lactones) is 1. The van der Waals surface area contributed by atoms with E-state index in [4.69, 9.17) is 15.5 Å². The standard InChI is InChI=1S/C27H35N3O4Si/c1-7-27(33)12-22(31)34-14-18-19(27)11-21-23-17(13-30(21)25(18)32)24(35(5,6)26(2,3)4)16-10-15(28)8-9-20(16)29-23/h8-11,16,20,33H,7,12-14,28H2,1-6H3/t16?,20?,27-/m1/s1. The molecule has 1 aromatic heterocycles. The van der Waals surface area contributed by atoms with Gasteiger partial charge in [-0.25, -0.2) is 0 Å². The molecule has 0 radical (unpaired) electrons. The number of allylic oxidation sites excluding steroid dienone is 2. The van der Waals surface area contributed by atoms with Crippen LogP contribution in [-0.4, -0.2) is 35.5 Å². The van der Waals surface area contributed by atoms with Crippen LogP contribution >= 0.6 is 0 Å². The Hall–Kier alpha value is -2.71. The van der Waals surface area contributed by atoms with Crippen LogP contribution in [0.15, 0.2) is 50.5 Å². The van der Waals surface area contributed by atoms with E-state index < -0.39 is 19.6 Å². The number of nitrogens with two attached hydrogens (primary N) is 1. The number of dihydropyridines is 1. The van der Waals surface area contributed by atoms with Crippen molar-refractivity contribution in [3.63, 3.8) is 0 Å². The van der Waals surface area contributed by atoms with E-state index in [2.05, 4.69) is 46.0 Å². The fraction of sp³-hybridized carbons (Fsp3) is 0.519. The van der Waals surface area contributed by atoms with Crippen LogP contribution in [0.25, 0.3) is 0 Å². The minimum atomic E-state index is -2.04. The molecule has 1 aromatic rings. The molecule has 0 aromatic carbocycles. The lowest BCUT2D eigenvalue weighted by atomic mass is 9.85. The van der Waals surface area contributed by atoms with Gasteiger partial charge in [0.15, 0.2) is 0 Å². The molecule has 3 atom stereocenters. The first-order valence-corrected chi connectivity index (χ1v) is 15.4. The number of nitrogens with zero attached hydrogens (tertiary/aromatic N) is 2. The Labute approximate surface area is 207 Å². The number of hydrogen-bond donors (Lipinski definition) is 2. The summed E-state index contributed by atoms with van der Waals surface area (Å²) in [4.78, 5) is 31.1. The average molecular weight is 494 g/mol. The number of hydrogen-bond acceptors (Lipinski definition) is 6. The zero-order valence-electron chi connectivity index (χ0n) is 21.4. The summed E-state index contributed by atoms with van der Waals surface area (Å²) in [6.45, 7) is 13.8. The van der Waals surface area contributed by atoms with Crippen LogP contribution in [0.3, 0.4) is 0 Å². The SMILES string of the molecule is CC[C@@]1(O)CC(=O)OCc2c1cc1n(c2=O)CC2=C([Si](C)(C)C(C)(C)C)C3C=C(N)C=CC3N=C21. The lowest BCUT2D eigenvalue weighted by Crippen LogP contribution is -2.47. The van der Waals surface area contributed by atoms with Crippen molar-refractivity contribution in [2.75, 3.05) is 0 Å². The molecule has 7 nitrogen and oxygen atoms in total. The van der Waals surface area contributed by atoms with Gasteiger partial charge in [0.05, 0.1) is 44.1 Å². The van der Waals surface area contributed by atoms with Gasteiger partial charge in [0, 0.05) is 11.6 Å². The van der Waals surface area contributed by atoms with Crippen LogP contribution in [0.2, 0.25) is 18.1 Å². The molecule has 1 aliphatic carbocycles. The predicted molar refractivity (Wildman–Crippen MR) is 139 cm³/mol. The number of pyridine rings is 1. The van der Waals surface area contributed by atoms with Gasteiger partial charge in [-0.3, -0.25) is 14.6 Å². The summed E-state index contributed by atoms with van der Waals surface area (Å²) in [7, 11) is -2.04. The van der Waals surface area contributed by atoms with E-state index in [0.717, 1.165) is 22.7 Å². The summed E-state index contributed by atoms with van der Waals surface area (Å²) >= 11 is 0. The van der Waals surface area contributed by atoms with Gasteiger partial charge in [0.2, 0.25) is 0 Å². The molecule has 35 heavy (non-hydrogen) atoms. The molecule has 4 aliphatic rings. The number of esters is 1. The Kier molecular flexibility index (Phi) is 5.24. The second-order valence-electron chi connectivity index (χ2n) is 11.8. The molecule has 0 bridgehead atoms. The smallest absolute Gasteiger partial charge is 0.309 e. The molecular weight excluding hydrogens is 458 g/mol. The minimum Gasteiger partial charge on any atom is -0.460 e. The quantitative estimate of drug-likeness (QED) is 0.485. The largest absolute Gasteiger partial charge is 0.460 e. The van der Waals surface area contributed by atoms with Crippen molar-refractivity contribution in [2.45, 2.75) is 83.5 Å². The van der Waals surface area contributed by atoms with Crippen molar-refractivity contribution in [1.29, 1.82) is 0 Å². The van der Waals surface area contributed by atoms with Crippen LogP contribution in [0.5, 0.6) is 0 Å². The molecule has 0 spiro atoms. The molecular formula is C27H35N3O4Si. The van der Waals surface area contributed by atoms with Crippen molar-refractivity contribution in [1.82, 2.24) is 4.57 Å². The van der Waals surface area contributed by atoms with Crippen molar-refractivity contribution in [3.05, 3.63) is 67.9 Å². The van der Waals surface area contributed by atoms with Gasteiger partial charge in [-0.1, -0.05) is 58.1 Å². The maximum absolute atomic E-state index is 13.8. The summed E-state index contributed by atoms with van der Waals surface area (Å²) in [5.41, 5.74) is 8.86. The first kappa shape index (κ1) is 24.0. The highest BCUT2D eigenvalue weighted by Crippen LogP contribution is 2.49. The van der Waals surface area contributed by atoms with Crippen LogP contribution < -0.4 is 11.3 Å². The van der Waals surface area contributed by atoms with Crippen LogP contribution in [0.4, 0.5) is 0 Å². The zero-order chi connectivity index (χ0) is 25.5. The second kappa shape index (κ2) is 7.64. The number of aromatic nitrogens is 1. The highest BCUT2D eigenvalue weighted by atomic mass is 28.3. The van der Waals surface area contributed by atoms with E-state index in [1.807, 2.05) is 19.1 Å². The third kappa shape index (κ3) is 3.44. The molecule has 3 aliphatic heterocycles. The molecule has 0 saturated carbocycles. The van der Waals surface area contributed by atoms with Gasteiger partial charge in [0.1, 0.15) is 12.2 Å². The van der Waals surface area contributed by atoms with Crippen molar-refractivity contribution >= 4 is 19.8 Å². The number of rotatable bonds is 2. The number of aliphatic imine (C=N–C) groups is 1. The number of carbonyl (C=O) groups excluding carboxylic acids is 1. The van der Waals surface area contributed by atoms with Gasteiger partial charge in [-0.2, -0.15) is 0 Å². The van der Waals surface area contributed by atoms with Gasteiger partial charge in [0.25, 0.3) is 5.56 Å². The molecule has 5 rings (SSSR count). The average Bonchev–Trinajstić information content (AvgIpc) is 3.07. The van der Waals surface area contributed by atoms with Crippen LogP contribution in [-0.2, 0) is 28.3 Å². The van der Waals surface area contributed by atoms with E-state index in [1.54, 1.807) is 4.57 Å². The van der Waals surface area contributed by atoms with Crippen molar-refractivity contribution < 1.29 is 14.6 Å². The number of fused-ring (bicyclic) bond motifs is 5. The van der Waals surface area contributed by atoms with Crippen LogP contribution in [0.1, 0.15) is 57.4 Å². The Morgan fingerprint density at radius 1 is 1.31 bits per heavy atom. The van der Waals surface area contributed by atoms with E-state index in [9.17, 15) is 14.7 Å². The normalized spacial score (nSPS) is 27.8. The Bertz CT molecular complexity index is 1320. The summed E-state index contributed by atoms with van der Waals surface area (Å²) < 4.78 is 7.07. The molecule has 3 N–H and O–H groups in total. The summed E-state index contributed by atoms with van der Waals surface area (Å²) in [6.07, 6.45) is 6.25. The van der Waals surface area contributed by atoms with Gasteiger partial charge < -0.3 is 20.1 Å². The summed E-state index contributed by atoms with van der Waals surface area (Å²) in [5, 5.41) is 12.9. The van der Waals surface area contributed by atoms with E-state index in [-0.39, 0.29) is 35.6 Å². The number of carbonyl (C=O) groups is 1. The van der Waals surface area contributed by atoms with Crippen LogP contribution in [0, 0.1) is 5.92 Å². The van der Waals surface area contributed by atoms with E-state index in [0.29, 0.717) is 24.1 Å². The van der Waals surface area contributed by atoms with E-state index in [1.165, 1.54) is 5.20 Å². The first-order chi connectivity index (χ1) is 16.3.